The van der Waals surface area contributed by atoms with Crippen LogP contribution in [-0.2, 0) is 4.74 Å². The van der Waals surface area contributed by atoms with Gasteiger partial charge in [-0.15, -0.1) is 10.2 Å². The normalized spacial score (nSPS) is 14.8. The number of nitrogens with one attached hydrogen (secondary N) is 2. The third-order valence-corrected chi connectivity index (χ3v) is 4.20. The Kier molecular flexibility index (Phi) is 6.32. The third-order valence-electron chi connectivity index (χ3n) is 3.91. The molecule has 9 heteroatoms. The van der Waals surface area contributed by atoms with Crippen LogP contribution in [0.5, 0.6) is 0 Å². The number of ether oxygens (including phenoxy) is 1. The minimum atomic E-state index is -0.493. The van der Waals surface area contributed by atoms with Crippen molar-refractivity contribution in [2.45, 2.75) is 0 Å². The summed E-state index contributed by atoms with van der Waals surface area (Å²) < 4.78 is 18.4. The van der Waals surface area contributed by atoms with Crippen LogP contribution in [-0.4, -0.2) is 60.4 Å². The summed E-state index contributed by atoms with van der Waals surface area (Å²) in [5.41, 5.74) is 0.808. The maximum Gasteiger partial charge on any atom is 0.271 e. The lowest BCUT2D eigenvalue weighted by Gasteiger charge is -2.26. The van der Waals surface area contributed by atoms with Gasteiger partial charge in [0.15, 0.2) is 11.5 Å². The van der Waals surface area contributed by atoms with E-state index >= 15 is 0 Å². The summed E-state index contributed by atoms with van der Waals surface area (Å²) in [6.07, 6.45) is 0. The minimum Gasteiger partial charge on any atom is -0.379 e. The first-order valence-corrected chi connectivity index (χ1v) is 8.64. The van der Waals surface area contributed by atoms with Crippen molar-refractivity contribution in [3.63, 3.8) is 0 Å². The van der Waals surface area contributed by atoms with Gasteiger partial charge in [0.05, 0.1) is 18.2 Å². The topological polar surface area (TPSA) is 79.4 Å². The molecule has 138 valence electrons. The van der Waals surface area contributed by atoms with Crippen molar-refractivity contribution >= 4 is 29.0 Å². The van der Waals surface area contributed by atoms with Crippen LogP contribution in [0.2, 0.25) is 5.02 Å². The molecule has 7 nitrogen and oxygen atoms in total. The number of carbonyl (C=O) groups is 1. The molecule has 0 bridgehead atoms. The summed E-state index contributed by atoms with van der Waals surface area (Å²) in [6.45, 7) is 4.52. The van der Waals surface area contributed by atoms with Gasteiger partial charge in [-0.2, -0.15) is 0 Å². The molecule has 1 aromatic heterocycles. The van der Waals surface area contributed by atoms with E-state index in [-0.39, 0.29) is 16.6 Å². The van der Waals surface area contributed by atoms with Crippen molar-refractivity contribution in [3.8, 4) is 0 Å². The van der Waals surface area contributed by atoms with E-state index in [2.05, 4.69) is 25.7 Å². The van der Waals surface area contributed by atoms with Crippen LogP contribution in [0.25, 0.3) is 0 Å². The van der Waals surface area contributed by atoms with Crippen LogP contribution in [0.1, 0.15) is 10.5 Å². The molecule has 0 radical (unpaired) electrons. The van der Waals surface area contributed by atoms with E-state index in [4.69, 9.17) is 16.3 Å². The molecular formula is C17H19ClFN5O2. The van der Waals surface area contributed by atoms with E-state index in [0.717, 1.165) is 32.8 Å². The van der Waals surface area contributed by atoms with Crippen LogP contribution in [0.3, 0.4) is 0 Å². The fourth-order valence-electron chi connectivity index (χ4n) is 2.48. The predicted molar refractivity (Wildman–Crippen MR) is 96.3 cm³/mol. The maximum atomic E-state index is 13.2. The van der Waals surface area contributed by atoms with Gasteiger partial charge in [0, 0.05) is 31.9 Å². The Morgan fingerprint density at radius 1 is 1.23 bits per heavy atom. The molecule has 1 fully saturated rings. The molecule has 3 rings (SSSR count). The Morgan fingerprint density at radius 3 is 2.73 bits per heavy atom. The van der Waals surface area contributed by atoms with Gasteiger partial charge in [-0.1, -0.05) is 11.6 Å². The summed E-state index contributed by atoms with van der Waals surface area (Å²) >= 11 is 5.74. The Bertz CT molecular complexity index is 753. The highest BCUT2D eigenvalue weighted by atomic mass is 35.5. The molecule has 1 aliphatic rings. The molecule has 2 aromatic rings. The zero-order chi connectivity index (χ0) is 18.4. The number of carbonyl (C=O) groups excluding carboxylic acids is 1. The average Bonchev–Trinajstić information content (AvgIpc) is 2.66. The summed E-state index contributed by atoms with van der Waals surface area (Å²) in [7, 11) is 0. The van der Waals surface area contributed by atoms with Gasteiger partial charge in [0.1, 0.15) is 5.82 Å². The molecule has 0 aliphatic carbocycles. The number of hydrogen-bond donors (Lipinski definition) is 2. The lowest BCUT2D eigenvalue weighted by atomic mass is 10.3. The summed E-state index contributed by atoms with van der Waals surface area (Å²) in [6, 6.07) is 7.44. The standard InChI is InChI=1S/C17H19ClFN5O2/c18-13-11-12(1-2-14(13)19)21-16-4-3-15(22-23-16)17(25)20-5-6-24-7-9-26-10-8-24/h1-4,11H,5-10H2,(H,20,25)(H,21,23). The number of aromatic nitrogens is 2. The first-order chi connectivity index (χ1) is 12.6. The molecule has 1 saturated heterocycles. The van der Waals surface area contributed by atoms with Gasteiger partial charge >= 0.3 is 0 Å². The van der Waals surface area contributed by atoms with Crippen molar-refractivity contribution in [2.75, 3.05) is 44.7 Å². The Balaban J connectivity index is 1.49. The van der Waals surface area contributed by atoms with Crippen LogP contribution in [0, 0.1) is 5.82 Å². The average molecular weight is 380 g/mol. The Morgan fingerprint density at radius 2 is 2.04 bits per heavy atom. The molecule has 2 N–H and O–H groups in total. The van der Waals surface area contributed by atoms with Crippen LogP contribution >= 0.6 is 11.6 Å². The van der Waals surface area contributed by atoms with Gasteiger partial charge in [-0.25, -0.2) is 4.39 Å². The monoisotopic (exact) mass is 379 g/mol. The molecule has 1 aliphatic heterocycles. The number of hydrogen-bond acceptors (Lipinski definition) is 6. The largest absolute Gasteiger partial charge is 0.379 e. The molecule has 1 aromatic carbocycles. The van der Waals surface area contributed by atoms with Gasteiger partial charge < -0.3 is 15.4 Å². The highest BCUT2D eigenvalue weighted by Crippen LogP contribution is 2.21. The van der Waals surface area contributed by atoms with Crippen molar-refractivity contribution in [1.29, 1.82) is 0 Å². The van der Waals surface area contributed by atoms with Crippen LogP contribution < -0.4 is 10.6 Å². The fourth-order valence-corrected chi connectivity index (χ4v) is 2.67. The highest BCUT2D eigenvalue weighted by Gasteiger charge is 2.12. The second-order valence-corrected chi connectivity index (χ2v) is 6.17. The smallest absolute Gasteiger partial charge is 0.271 e. The van der Waals surface area contributed by atoms with Gasteiger partial charge in [0.25, 0.3) is 5.91 Å². The number of morpholine rings is 1. The molecule has 0 spiro atoms. The molecule has 0 saturated carbocycles. The number of anilines is 2. The van der Waals surface area contributed by atoms with E-state index in [1.807, 2.05) is 0 Å². The molecule has 1 amide bonds. The lowest BCUT2D eigenvalue weighted by Crippen LogP contribution is -2.41. The van der Waals surface area contributed by atoms with Gasteiger partial charge in [-0.05, 0) is 30.3 Å². The van der Waals surface area contributed by atoms with Crippen molar-refractivity contribution in [1.82, 2.24) is 20.4 Å². The predicted octanol–water partition coefficient (Wildman–Crippen LogP) is 2.07. The van der Waals surface area contributed by atoms with Crippen LogP contribution in [0.15, 0.2) is 30.3 Å². The second kappa shape index (κ2) is 8.88. The molecule has 2 heterocycles. The maximum absolute atomic E-state index is 13.2. The first-order valence-electron chi connectivity index (χ1n) is 8.26. The first kappa shape index (κ1) is 18.5. The number of amides is 1. The molecular weight excluding hydrogens is 361 g/mol. The molecule has 0 unspecified atom stereocenters. The lowest BCUT2D eigenvalue weighted by molar-refractivity contribution is 0.0383. The van der Waals surface area contributed by atoms with Crippen molar-refractivity contribution in [3.05, 3.63) is 46.9 Å². The number of halogens is 2. The molecule has 26 heavy (non-hydrogen) atoms. The summed E-state index contributed by atoms with van der Waals surface area (Å²) in [5.74, 6) is -0.341. The highest BCUT2D eigenvalue weighted by molar-refractivity contribution is 6.31. The Hall–Kier alpha value is -2.29. The third kappa shape index (κ3) is 5.10. The van der Waals surface area contributed by atoms with E-state index in [1.54, 1.807) is 12.1 Å². The quantitative estimate of drug-likeness (QED) is 0.800. The van der Waals surface area contributed by atoms with E-state index < -0.39 is 5.82 Å². The second-order valence-electron chi connectivity index (χ2n) is 5.77. The number of nitrogens with zero attached hydrogens (tertiary/aromatic N) is 3. The summed E-state index contributed by atoms with van der Waals surface area (Å²) in [5, 5.41) is 13.7. The van der Waals surface area contributed by atoms with Crippen molar-refractivity contribution in [2.24, 2.45) is 0 Å². The minimum absolute atomic E-state index is 0.0132. The zero-order valence-corrected chi connectivity index (χ0v) is 14.8. The van der Waals surface area contributed by atoms with Gasteiger partial charge in [-0.3, -0.25) is 9.69 Å². The number of rotatable bonds is 6. The van der Waals surface area contributed by atoms with E-state index in [9.17, 15) is 9.18 Å². The van der Waals surface area contributed by atoms with Crippen LogP contribution in [0.4, 0.5) is 15.9 Å². The fraction of sp³-hybridized carbons (Fsp3) is 0.353. The van der Waals surface area contributed by atoms with Gasteiger partial charge in [0.2, 0.25) is 0 Å². The van der Waals surface area contributed by atoms with Crippen molar-refractivity contribution < 1.29 is 13.9 Å². The summed E-state index contributed by atoms with van der Waals surface area (Å²) in [4.78, 5) is 14.3. The zero-order valence-electron chi connectivity index (χ0n) is 14.0. The SMILES string of the molecule is O=C(NCCN1CCOCC1)c1ccc(Nc2ccc(F)c(Cl)c2)nn1. The Labute approximate surface area is 155 Å². The molecule has 0 atom stereocenters. The van der Waals surface area contributed by atoms with E-state index in [1.165, 1.54) is 18.2 Å². The van der Waals surface area contributed by atoms with E-state index in [0.29, 0.717) is 18.1 Å². The number of benzene rings is 1.